The predicted molar refractivity (Wildman–Crippen MR) is 126 cm³/mol. The summed E-state index contributed by atoms with van der Waals surface area (Å²) in [5, 5.41) is 8.75. The molecule has 0 spiro atoms. The van der Waals surface area contributed by atoms with Crippen molar-refractivity contribution in [1.29, 1.82) is 0 Å². The molecule has 2 N–H and O–H groups in total. The van der Waals surface area contributed by atoms with Crippen molar-refractivity contribution < 1.29 is 18.5 Å². The lowest BCUT2D eigenvalue weighted by Crippen LogP contribution is -2.19. The summed E-state index contributed by atoms with van der Waals surface area (Å²) in [5.41, 5.74) is 1.32. The Balaban J connectivity index is 1.48. The second-order valence-corrected chi connectivity index (χ2v) is 8.36. The molecule has 0 saturated heterocycles. The van der Waals surface area contributed by atoms with Crippen molar-refractivity contribution in [2.75, 3.05) is 10.6 Å². The van der Waals surface area contributed by atoms with Crippen molar-refractivity contribution in [2.24, 2.45) is 0 Å². The van der Waals surface area contributed by atoms with Gasteiger partial charge in [-0.2, -0.15) is 0 Å². The number of nitrogens with zero attached hydrogens (tertiary/aromatic N) is 1. The minimum absolute atomic E-state index is 0.0279. The van der Waals surface area contributed by atoms with Gasteiger partial charge in [-0.25, -0.2) is 4.39 Å². The second-order valence-electron chi connectivity index (χ2n) is 7.18. The van der Waals surface area contributed by atoms with E-state index in [9.17, 15) is 14.0 Å². The van der Waals surface area contributed by atoms with Crippen molar-refractivity contribution >= 4 is 35.1 Å². The number of nitrogens with one attached hydrogen (secondary N) is 2. The molecule has 33 heavy (non-hydrogen) atoms. The van der Waals surface area contributed by atoms with Gasteiger partial charge in [0.2, 0.25) is 5.91 Å². The van der Waals surface area contributed by atoms with Crippen LogP contribution in [0.4, 0.5) is 15.9 Å². The topological polar surface area (TPSA) is 84.2 Å². The van der Waals surface area contributed by atoms with E-state index in [1.54, 1.807) is 43.3 Å². The molecular formula is C25H20FN3O3S. The van der Waals surface area contributed by atoms with Crippen molar-refractivity contribution in [1.82, 2.24) is 5.16 Å². The molecule has 1 unspecified atom stereocenters. The average Bonchev–Trinajstić information content (AvgIpc) is 3.23. The molecule has 0 aliphatic carbocycles. The molecule has 4 rings (SSSR count). The lowest BCUT2D eigenvalue weighted by molar-refractivity contribution is -0.115. The highest BCUT2D eigenvalue weighted by atomic mass is 32.2. The van der Waals surface area contributed by atoms with Gasteiger partial charge in [0.1, 0.15) is 16.8 Å². The maximum atomic E-state index is 13.8. The molecule has 1 atom stereocenters. The van der Waals surface area contributed by atoms with E-state index < -0.39 is 17.0 Å². The molecule has 0 radical (unpaired) electrons. The van der Waals surface area contributed by atoms with E-state index >= 15 is 0 Å². The van der Waals surface area contributed by atoms with E-state index in [1.807, 2.05) is 30.3 Å². The van der Waals surface area contributed by atoms with Crippen LogP contribution in [-0.4, -0.2) is 17.0 Å². The van der Waals surface area contributed by atoms with Crippen LogP contribution in [0.1, 0.15) is 26.9 Å². The van der Waals surface area contributed by atoms with Crippen LogP contribution in [0.15, 0.2) is 94.3 Å². The molecule has 1 aromatic heterocycles. The highest BCUT2D eigenvalue weighted by Crippen LogP contribution is 2.36. The number of benzene rings is 3. The summed E-state index contributed by atoms with van der Waals surface area (Å²) in [4.78, 5) is 26.2. The third-order valence-corrected chi connectivity index (χ3v) is 5.97. The number of hydrogen-bond donors (Lipinski definition) is 2. The van der Waals surface area contributed by atoms with E-state index in [4.69, 9.17) is 4.52 Å². The van der Waals surface area contributed by atoms with Crippen LogP contribution < -0.4 is 10.6 Å². The summed E-state index contributed by atoms with van der Waals surface area (Å²) < 4.78 is 18.9. The van der Waals surface area contributed by atoms with Gasteiger partial charge in [-0.3, -0.25) is 9.59 Å². The molecule has 2 amide bonds. The van der Waals surface area contributed by atoms with Crippen LogP contribution >= 0.6 is 11.8 Å². The second kappa shape index (κ2) is 10.1. The van der Waals surface area contributed by atoms with Crippen LogP contribution in [0.3, 0.4) is 0 Å². The Morgan fingerprint density at radius 2 is 1.64 bits per heavy atom. The number of carbonyl (C=O) groups excluding carboxylic acids is 2. The smallest absolute Gasteiger partial charge is 0.258 e. The quantitative estimate of drug-likeness (QED) is 0.338. The predicted octanol–water partition coefficient (Wildman–Crippen LogP) is 5.85. The fourth-order valence-electron chi connectivity index (χ4n) is 3.11. The van der Waals surface area contributed by atoms with Gasteiger partial charge >= 0.3 is 0 Å². The van der Waals surface area contributed by atoms with Crippen LogP contribution in [0.25, 0.3) is 0 Å². The van der Waals surface area contributed by atoms with E-state index in [1.165, 1.54) is 30.0 Å². The fraction of sp³-hybridized carbons (Fsp3) is 0.0800. The lowest BCUT2D eigenvalue weighted by Gasteiger charge is -2.16. The SMILES string of the molecule is Cc1cc(NC(=O)C(Sc2ccc(NC(=O)c3ccccc3F)cc2)c2ccccc2)no1. The van der Waals surface area contributed by atoms with Crippen molar-refractivity contribution in [3.63, 3.8) is 0 Å². The average molecular weight is 462 g/mol. The van der Waals surface area contributed by atoms with Gasteiger partial charge < -0.3 is 15.2 Å². The third-order valence-electron chi connectivity index (χ3n) is 4.70. The Bertz CT molecular complexity index is 1260. The maximum absolute atomic E-state index is 13.8. The standard InChI is InChI=1S/C25H20FN3O3S/c1-16-15-22(29-32-16)28-25(31)23(17-7-3-2-4-8-17)33-19-13-11-18(12-14-19)27-24(30)20-9-5-6-10-21(20)26/h2-15,23H,1H3,(H,27,30)(H,28,29,31). The largest absolute Gasteiger partial charge is 0.360 e. The molecule has 3 aromatic carbocycles. The molecule has 6 nitrogen and oxygen atoms in total. The number of carbonyl (C=O) groups is 2. The summed E-state index contributed by atoms with van der Waals surface area (Å²) in [6.07, 6.45) is 0. The summed E-state index contributed by atoms with van der Waals surface area (Å²) in [6, 6.07) is 23.9. The Hall–Kier alpha value is -3.91. The van der Waals surface area contributed by atoms with Crippen LogP contribution in [0.2, 0.25) is 0 Å². The van der Waals surface area contributed by atoms with E-state index in [-0.39, 0.29) is 11.5 Å². The van der Waals surface area contributed by atoms with Gasteiger partial charge in [-0.1, -0.05) is 47.6 Å². The molecule has 0 fully saturated rings. The van der Waals surface area contributed by atoms with Gasteiger partial charge in [0.15, 0.2) is 5.82 Å². The molecule has 166 valence electrons. The van der Waals surface area contributed by atoms with Crippen molar-refractivity contribution in [3.05, 3.63) is 108 Å². The zero-order valence-electron chi connectivity index (χ0n) is 17.6. The molecule has 8 heteroatoms. The number of hydrogen-bond acceptors (Lipinski definition) is 5. The molecule has 1 heterocycles. The first-order valence-electron chi connectivity index (χ1n) is 10.1. The van der Waals surface area contributed by atoms with Gasteiger partial charge in [0, 0.05) is 16.6 Å². The summed E-state index contributed by atoms with van der Waals surface area (Å²) in [6.45, 7) is 1.75. The summed E-state index contributed by atoms with van der Waals surface area (Å²) in [5.74, 6) is -0.400. The zero-order chi connectivity index (χ0) is 23.2. The number of thioether (sulfide) groups is 1. The van der Waals surface area contributed by atoms with Gasteiger partial charge in [-0.15, -0.1) is 11.8 Å². The van der Waals surface area contributed by atoms with E-state index in [2.05, 4.69) is 15.8 Å². The Kier molecular flexibility index (Phi) is 6.85. The monoisotopic (exact) mass is 461 g/mol. The first-order chi connectivity index (χ1) is 16.0. The Labute approximate surface area is 194 Å². The van der Waals surface area contributed by atoms with Crippen LogP contribution in [0.5, 0.6) is 0 Å². The molecule has 0 aliphatic heterocycles. The van der Waals surface area contributed by atoms with Gasteiger partial charge in [0.05, 0.1) is 5.56 Å². The van der Waals surface area contributed by atoms with E-state index in [0.29, 0.717) is 17.3 Å². The molecule has 0 bridgehead atoms. The third kappa shape index (κ3) is 5.67. The zero-order valence-corrected chi connectivity index (χ0v) is 18.4. The first kappa shape index (κ1) is 22.3. The Morgan fingerprint density at radius 1 is 0.939 bits per heavy atom. The van der Waals surface area contributed by atoms with Crippen LogP contribution in [0, 0.1) is 12.7 Å². The van der Waals surface area contributed by atoms with Crippen LogP contribution in [-0.2, 0) is 4.79 Å². The summed E-state index contributed by atoms with van der Waals surface area (Å²) >= 11 is 1.36. The first-order valence-corrected chi connectivity index (χ1v) is 11.0. The maximum Gasteiger partial charge on any atom is 0.258 e. The van der Waals surface area contributed by atoms with Crippen molar-refractivity contribution in [2.45, 2.75) is 17.1 Å². The molecular weight excluding hydrogens is 441 g/mol. The normalized spacial score (nSPS) is 11.6. The minimum Gasteiger partial charge on any atom is -0.360 e. The lowest BCUT2D eigenvalue weighted by atomic mass is 10.1. The molecule has 0 saturated carbocycles. The number of aryl methyl sites for hydroxylation is 1. The Morgan fingerprint density at radius 3 is 2.30 bits per heavy atom. The molecule has 0 aliphatic rings. The minimum atomic E-state index is -0.582. The number of halogens is 1. The van der Waals surface area contributed by atoms with E-state index in [0.717, 1.165) is 10.5 Å². The van der Waals surface area contributed by atoms with Gasteiger partial charge in [-0.05, 0) is 48.9 Å². The highest BCUT2D eigenvalue weighted by Gasteiger charge is 2.23. The fourth-order valence-corrected chi connectivity index (χ4v) is 4.14. The number of rotatable bonds is 7. The van der Waals surface area contributed by atoms with Gasteiger partial charge in [0.25, 0.3) is 5.91 Å². The van der Waals surface area contributed by atoms with Crippen molar-refractivity contribution in [3.8, 4) is 0 Å². The number of anilines is 2. The number of amides is 2. The highest BCUT2D eigenvalue weighted by molar-refractivity contribution is 8.00. The number of aromatic nitrogens is 1. The summed E-state index contributed by atoms with van der Waals surface area (Å²) in [7, 11) is 0. The molecule has 4 aromatic rings.